The average molecular weight is 593 g/mol. The molecule has 0 radical (unpaired) electrons. The molecule has 2 N–H and O–H groups in total. The highest BCUT2D eigenvalue weighted by Crippen LogP contribution is 2.47. The van der Waals surface area contributed by atoms with Crippen molar-refractivity contribution in [3.63, 3.8) is 0 Å². The molecule has 1 saturated carbocycles. The molecule has 4 aromatic carbocycles. The minimum Gasteiger partial charge on any atom is -0.491 e. The fraction of sp³-hybridized carbons (Fsp3) is 0.400. The fourth-order valence-corrected chi connectivity index (χ4v) is 6.86. The summed E-state index contributed by atoms with van der Waals surface area (Å²) in [6, 6.07) is 34.4. The largest absolute Gasteiger partial charge is 0.491 e. The summed E-state index contributed by atoms with van der Waals surface area (Å²) in [6.07, 6.45) is 13.6. The van der Waals surface area contributed by atoms with Crippen LogP contribution < -0.4 is 9.47 Å². The monoisotopic (exact) mass is 592 g/mol. The van der Waals surface area contributed by atoms with Crippen molar-refractivity contribution < 1.29 is 19.7 Å². The summed E-state index contributed by atoms with van der Waals surface area (Å²) >= 11 is 0. The van der Waals surface area contributed by atoms with Gasteiger partial charge in [-0.1, -0.05) is 131 Å². The van der Waals surface area contributed by atoms with Crippen LogP contribution >= 0.6 is 0 Å². The molecule has 4 aromatic rings. The number of aliphatic hydroxyl groups excluding tert-OH is 2. The SMILES string of the molecule is OCCOc1ccc(C2(c3ccc(OCCO)c(-c4ccccc4)c3)CCCCCCCCCCC2)cc1-c1ccccc1. The smallest absolute Gasteiger partial charge is 0.127 e. The van der Waals surface area contributed by atoms with Crippen LogP contribution in [0.4, 0.5) is 0 Å². The van der Waals surface area contributed by atoms with Crippen molar-refractivity contribution in [3.05, 3.63) is 108 Å². The van der Waals surface area contributed by atoms with Crippen molar-refractivity contribution in [1.82, 2.24) is 0 Å². The third kappa shape index (κ3) is 7.91. The Labute approximate surface area is 263 Å². The third-order valence-corrected chi connectivity index (χ3v) is 9.14. The molecule has 0 amide bonds. The van der Waals surface area contributed by atoms with Gasteiger partial charge in [-0.15, -0.1) is 0 Å². The summed E-state index contributed by atoms with van der Waals surface area (Å²) in [7, 11) is 0. The van der Waals surface area contributed by atoms with Crippen LogP contribution in [0.3, 0.4) is 0 Å². The topological polar surface area (TPSA) is 58.9 Å². The van der Waals surface area contributed by atoms with Crippen LogP contribution in [0, 0.1) is 0 Å². The Bertz CT molecular complexity index is 1310. The molecule has 4 nitrogen and oxygen atoms in total. The lowest BCUT2D eigenvalue weighted by Gasteiger charge is -2.37. The maximum absolute atomic E-state index is 9.53. The first-order chi connectivity index (χ1) is 21.7. The molecule has 0 saturated heterocycles. The summed E-state index contributed by atoms with van der Waals surface area (Å²) in [5.74, 6) is 1.60. The predicted octanol–water partition coefficient (Wildman–Crippen LogP) is 9.35. The predicted molar refractivity (Wildman–Crippen MR) is 180 cm³/mol. The standard InChI is InChI=1S/C40H48O4/c41-26-28-43-38-22-20-34(30-36(38)32-16-10-8-11-17-32)40(24-14-6-4-2-1-3-5-7-15-25-40)35-21-23-39(44-29-27-42)37(31-35)33-18-12-9-13-19-33/h8-13,16-23,30-31,41-42H,1-7,14-15,24-29H2. The minimum absolute atomic E-state index is 0.0210. The molecule has 0 bridgehead atoms. The van der Waals surface area contributed by atoms with E-state index in [1.54, 1.807) is 0 Å². The number of hydrogen-bond acceptors (Lipinski definition) is 4. The number of benzene rings is 4. The van der Waals surface area contributed by atoms with Gasteiger partial charge in [-0.25, -0.2) is 0 Å². The van der Waals surface area contributed by atoms with Gasteiger partial charge < -0.3 is 19.7 Å². The molecule has 0 aliphatic heterocycles. The molecule has 0 unspecified atom stereocenters. The Kier molecular flexibility index (Phi) is 11.9. The Balaban J connectivity index is 1.68. The van der Waals surface area contributed by atoms with Crippen molar-refractivity contribution in [3.8, 4) is 33.8 Å². The van der Waals surface area contributed by atoms with Gasteiger partial charge in [0.05, 0.1) is 13.2 Å². The van der Waals surface area contributed by atoms with Crippen molar-refractivity contribution in [1.29, 1.82) is 0 Å². The van der Waals surface area contributed by atoms with Crippen LogP contribution in [0.25, 0.3) is 22.3 Å². The van der Waals surface area contributed by atoms with Crippen molar-refractivity contribution >= 4 is 0 Å². The second-order valence-electron chi connectivity index (χ2n) is 12.1. The van der Waals surface area contributed by atoms with E-state index in [9.17, 15) is 10.2 Å². The molecule has 1 fully saturated rings. The van der Waals surface area contributed by atoms with Gasteiger partial charge in [0, 0.05) is 16.5 Å². The molecule has 0 atom stereocenters. The Morgan fingerprint density at radius 1 is 0.477 bits per heavy atom. The maximum Gasteiger partial charge on any atom is 0.127 e. The lowest BCUT2D eigenvalue weighted by atomic mass is 9.67. The van der Waals surface area contributed by atoms with Gasteiger partial charge in [-0.3, -0.25) is 0 Å². The molecule has 0 aromatic heterocycles. The Morgan fingerprint density at radius 2 is 0.864 bits per heavy atom. The zero-order valence-corrected chi connectivity index (χ0v) is 26.1. The van der Waals surface area contributed by atoms with Crippen molar-refractivity contribution in [2.24, 2.45) is 0 Å². The summed E-state index contributed by atoms with van der Waals surface area (Å²) in [5.41, 5.74) is 6.80. The summed E-state index contributed by atoms with van der Waals surface area (Å²) < 4.78 is 12.2. The molecular weight excluding hydrogens is 544 g/mol. The van der Waals surface area contributed by atoms with Crippen molar-refractivity contribution in [2.45, 2.75) is 76.0 Å². The zero-order valence-electron chi connectivity index (χ0n) is 26.1. The van der Waals surface area contributed by atoms with Crippen molar-refractivity contribution in [2.75, 3.05) is 26.4 Å². The zero-order chi connectivity index (χ0) is 30.5. The molecule has 44 heavy (non-hydrogen) atoms. The minimum atomic E-state index is -0.183. The average Bonchev–Trinajstić information content (AvgIpc) is 3.07. The van der Waals surface area contributed by atoms with Gasteiger partial charge in [-0.2, -0.15) is 0 Å². The van der Waals surface area contributed by atoms with Crippen LogP contribution in [-0.2, 0) is 5.41 Å². The molecule has 0 heterocycles. The van der Waals surface area contributed by atoms with E-state index in [4.69, 9.17) is 9.47 Å². The molecule has 1 aliphatic carbocycles. The Hall–Kier alpha value is -3.60. The molecular formula is C40H48O4. The lowest BCUT2D eigenvalue weighted by Crippen LogP contribution is -2.28. The number of aliphatic hydroxyl groups is 2. The second kappa shape index (κ2) is 16.5. The van der Waals surface area contributed by atoms with E-state index in [2.05, 4.69) is 84.9 Å². The molecule has 0 spiro atoms. The summed E-state index contributed by atoms with van der Waals surface area (Å²) in [5, 5.41) is 19.1. The van der Waals surface area contributed by atoms with Crippen LogP contribution in [0.5, 0.6) is 11.5 Å². The highest BCUT2D eigenvalue weighted by Gasteiger charge is 2.35. The number of rotatable bonds is 10. The highest BCUT2D eigenvalue weighted by molar-refractivity contribution is 5.74. The van der Waals surface area contributed by atoms with Gasteiger partial charge in [0.2, 0.25) is 0 Å². The van der Waals surface area contributed by atoms with Crippen LogP contribution in [0.1, 0.15) is 81.8 Å². The van der Waals surface area contributed by atoms with Crippen LogP contribution in [0.15, 0.2) is 97.1 Å². The van der Waals surface area contributed by atoms with E-state index < -0.39 is 0 Å². The number of ether oxygens (including phenoxy) is 2. The first-order valence-corrected chi connectivity index (χ1v) is 16.6. The van der Waals surface area contributed by atoms with E-state index in [0.29, 0.717) is 0 Å². The summed E-state index contributed by atoms with van der Waals surface area (Å²) in [4.78, 5) is 0. The first-order valence-electron chi connectivity index (χ1n) is 16.6. The van der Waals surface area contributed by atoms with E-state index in [0.717, 1.165) is 46.6 Å². The van der Waals surface area contributed by atoms with Gasteiger partial charge >= 0.3 is 0 Å². The maximum atomic E-state index is 9.53. The fourth-order valence-electron chi connectivity index (χ4n) is 6.86. The molecule has 5 rings (SSSR count). The van der Waals surface area contributed by atoms with E-state index in [1.165, 1.54) is 68.9 Å². The first kappa shape index (κ1) is 31.8. The quantitative estimate of drug-likeness (QED) is 0.193. The van der Waals surface area contributed by atoms with Gasteiger partial charge in [0.25, 0.3) is 0 Å². The van der Waals surface area contributed by atoms with Gasteiger partial charge in [0.15, 0.2) is 0 Å². The summed E-state index contributed by atoms with van der Waals surface area (Å²) in [6.45, 7) is 0.486. The lowest BCUT2D eigenvalue weighted by molar-refractivity contribution is 0.202. The van der Waals surface area contributed by atoms with Crippen LogP contribution in [0.2, 0.25) is 0 Å². The van der Waals surface area contributed by atoms with Crippen LogP contribution in [-0.4, -0.2) is 36.6 Å². The van der Waals surface area contributed by atoms with E-state index in [1.807, 2.05) is 12.1 Å². The molecule has 232 valence electrons. The normalized spacial score (nSPS) is 16.0. The van der Waals surface area contributed by atoms with Gasteiger partial charge in [0.1, 0.15) is 24.7 Å². The number of hydrogen-bond donors (Lipinski definition) is 2. The Morgan fingerprint density at radius 3 is 1.25 bits per heavy atom. The van der Waals surface area contributed by atoms with Gasteiger partial charge in [-0.05, 0) is 59.4 Å². The molecule has 4 heteroatoms. The highest BCUT2D eigenvalue weighted by atomic mass is 16.5. The second-order valence-corrected chi connectivity index (χ2v) is 12.1. The van der Waals surface area contributed by atoms with E-state index >= 15 is 0 Å². The third-order valence-electron chi connectivity index (χ3n) is 9.14. The van der Waals surface area contributed by atoms with E-state index in [-0.39, 0.29) is 31.8 Å². The molecule has 1 aliphatic rings.